The van der Waals surface area contributed by atoms with Crippen LogP contribution in [0.4, 0.5) is 17.3 Å². The Hall–Kier alpha value is -4.26. The molecule has 3 aromatic carbocycles. The number of pyridine rings is 2. The van der Waals surface area contributed by atoms with Gasteiger partial charge in [0, 0.05) is 17.2 Å². The lowest BCUT2D eigenvalue weighted by Gasteiger charge is -2.14. The number of hydrogen-bond acceptors (Lipinski definition) is 1. The molecule has 5 aromatic rings. The molecular formula is C28H21BF4N2. The zero-order valence-corrected chi connectivity index (χ0v) is 18.6. The molecule has 0 saturated carbocycles. The van der Waals surface area contributed by atoms with Crippen molar-refractivity contribution in [1.29, 1.82) is 0 Å². The SMILES string of the molecule is F[B-](F)(F)F.c1ccc(-c2cc(-c3ccccc3)[n+](-c3ccccn3)c(-c3ccccc3)c2)cc1. The molecule has 0 spiro atoms. The molecule has 2 nitrogen and oxygen atoms in total. The van der Waals surface area contributed by atoms with Crippen molar-refractivity contribution in [3.8, 4) is 39.5 Å². The predicted octanol–water partition coefficient (Wildman–Crippen LogP) is 7.66. The van der Waals surface area contributed by atoms with E-state index in [4.69, 9.17) is 0 Å². The first kappa shape index (κ1) is 23.9. The van der Waals surface area contributed by atoms with Crippen molar-refractivity contribution in [2.45, 2.75) is 0 Å². The summed E-state index contributed by atoms with van der Waals surface area (Å²) in [5.74, 6) is 0.898. The molecule has 0 aliphatic rings. The molecule has 0 atom stereocenters. The Morgan fingerprint density at radius 1 is 0.486 bits per heavy atom. The lowest BCUT2D eigenvalue weighted by atomic mass is 9.99. The van der Waals surface area contributed by atoms with E-state index in [0.717, 1.165) is 28.3 Å². The first-order valence-corrected chi connectivity index (χ1v) is 11.0. The summed E-state index contributed by atoms with van der Waals surface area (Å²) >= 11 is 0. The largest absolute Gasteiger partial charge is 0.673 e. The zero-order valence-electron chi connectivity index (χ0n) is 18.6. The van der Waals surface area contributed by atoms with Crippen molar-refractivity contribution in [3.63, 3.8) is 0 Å². The van der Waals surface area contributed by atoms with Gasteiger partial charge in [-0.1, -0.05) is 97.1 Å². The molecule has 0 bridgehead atoms. The van der Waals surface area contributed by atoms with E-state index in [1.807, 2.05) is 30.5 Å². The van der Waals surface area contributed by atoms with E-state index in [2.05, 4.69) is 107 Å². The Kier molecular flexibility index (Phi) is 7.36. The van der Waals surface area contributed by atoms with Crippen molar-refractivity contribution in [3.05, 3.63) is 128 Å². The fourth-order valence-corrected chi connectivity index (χ4v) is 3.77. The van der Waals surface area contributed by atoms with Gasteiger partial charge >= 0.3 is 13.1 Å². The van der Waals surface area contributed by atoms with Gasteiger partial charge in [0.2, 0.25) is 0 Å². The summed E-state index contributed by atoms with van der Waals surface area (Å²) in [7, 11) is -6.00. The second-order valence-electron chi connectivity index (χ2n) is 7.63. The van der Waals surface area contributed by atoms with Crippen molar-refractivity contribution < 1.29 is 21.8 Å². The lowest BCUT2D eigenvalue weighted by Crippen LogP contribution is -2.37. The molecule has 7 heteroatoms. The Labute approximate surface area is 201 Å². The van der Waals surface area contributed by atoms with E-state index in [9.17, 15) is 17.3 Å². The molecule has 2 heterocycles. The summed E-state index contributed by atoms with van der Waals surface area (Å²) in [4.78, 5) is 4.69. The van der Waals surface area contributed by atoms with E-state index >= 15 is 0 Å². The van der Waals surface area contributed by atoms with E-state index in [0.29, 0.717) is 0 Å². The number of halogens is 4. The maximum Gasteiger partial charge on any atom is 0.673 e. The quantitative estimate of drug-likeness (QED) is 0.149. The number of aromatic nitrogens is 2. The summed E-state index contributed by atoms with van der Waals surface area (Å²) in [6.07, 6.45) is 1.84. The number of benzene rings is 3. The van der Waals surface area contributed by atoms with Gasteiger partial charge in [0.15, 0.2) is 0 Å². The third kappa shape index (κ3) is 6.41. The second-order valence-corrected chi connectivity index (χ2v) is 7.63. The van der Waals surface area contributed by atoms with Crippen molar-refractivity contribution in [1.82, 2.24) is 4.98 Å². The van der Waals surface area contributed by atoms with Crippen LogP contribution in [-0.4, -0.2) is 12.2 Å². The van der Waals surface area contributed by atoms with Crippen LogP contribution in [0.25, 0.3) is 39.5 Å². The fourth-order valence-electron chi connectivity index (χ4n) is 3.77. The van der Waals surface area contributed by atoms with E-state index < -0.39 is 7.25 Å². The minimum Gasteiger partial charge on any atom is -0.418 e. The number of hydrogen-bond donors (Lipinski definition) is 0. The van der Waals surface area contributed by atoms with E-state index in [1.165, 1.54) is 11.1 Å². The molecule has 0 amide bonds. The van der Waals surface area contributed by atoms with Crippen LogP contribution in [-0.2, 0) is 0 Å². The first-order valence-electron chi connectivity index (χ1n) is 11.0. The van der Waals surface area contributed by atoms with Gasteiger partial charge in [0.25, 0.3) is 0 Å². The number of rotatable bonds is 4. The summed E-state index contributed by atoms with van der Waals surface area (Å²) in [5, 5.41) is 0. The van der Waals surface area contributed by atoms with Crippen molar-refractivity contribution in [2.24, 2.45) is 0 Å². The molecule has 35 heavy (non-hydrogen) atoms. The molecule has 0 aliphatic heterocycles. The van der Waals surface area contributed by atoms with Crippen LogP contribution in [0, 0.1) is 0 Å². The average molecular weight is 472 g/mol. The summed E-state index contributed by atoms with van der Waals surface area (Å²) in [5.41, 5.74) is 6.89. The van der Waals surface area contributed by atoms with Gasteiger partial charge in [-0.05, 0) is 34.3 Å². The monoisotopic (exact) mass is 472 g/mol. The van der Waals surface area contributed by atoms with Gasteiger partial charge in [-0.25, -0.2) is 0 Å². The third-order valence-corrected chi connectivity index (χ3v) is 5.19. The Morgan fingerprint density at radius 2 is 0.886 bits per heavy atom. The van der Waals surface area contributed by atoms with Gasteiger partial charge in [0.1, 0.15) is 17.6 Å². The normalized spacial score (nSPS) is 10.9. The van der Waals surface area contributed by atoms with Gasteiger partial charge in [0.05, 0.1) is 0 Å². The predicted molar refractivity (Wildman–Crippen MR) is 132 cm³/mol. The molecule has 0 saturated heterocycles. The molecule has 0 radical (unpaired) electrons. The standard InChI is InChI=1S/C28H21N2.BF4/c1-4-12-22(13-5-1)25-20-26(23-14-6-2-7-15-23)30(28-18-10-11-19-29-28)27(21-25)24-16-8-3-9-17-24;2-1(3,4)5/h1-21H;/q+1;-1. The summed E-state index contributed by atoms with van der Waals surface area (Å²) in [6, 6.07) is 42.1. The molecule has 0 fully saturated rings. The van der Waals surface area contributed by atoms with Gasteiger partial charge in [-0.15, -0.1) is 0 Å². The van der Waals surface area contributed by atoms with Crippen LogP contribution < -0.4 is 4.57 Å². The van der Waals surface area contributed by atoms with Crippen LogP contribution in [0.15, 0.2) is 128 Å². The smallest absolute Gasteiger partial charge is 0.418 e. The summed E-state index contributed by atoms with van der Waals surface area (Å²) < 4.78 is 41.2. The highest BCUT2D eigenvalue weighted by molar-refractivity contribution is 6.50. The molecule has 5 rings (SSSR count). The maximum absolute atomic E-state index is 9.75. The molecule has 0 unspecified atom stereocenters. The highest BCUT2D eigenvalue weighted by Gasteiger charge is 2.22. The minimum atomic E-state index is -6.00. The van der Waals surface area contributed by atoms with Crippen LogP contribution in [0.1, 0.15) is 0 Å². The van der Waals surface area contributed by atoms with Crippen LogP contribution in [0.5, 0.6) is 0 Å². The highest BCUT2D eigenvalue weighted by atomic mass is 19.5. The van der Waals surface area contributed by atoms with Gasteiger partial charge in [-0.3, -0.25) is 0 Å². The zero-order chi connectivity index (χ0) is 24.7. The van der Waals surface area contributed by atoms with Gasteiger partial charge in [-0.2, -0.15) is 4.57 Å². The van der Waals surface area contributed by atoms with Crippen LogP contribution in [0.3, 0.4) is 0 Å². The molecule has 0 N–H and O–H groups in total. The van der Waals surface area contributed by atoms with Gasteiger partial charge < -0.3 is 17.3 Å². The van der Waals surface area contributed by atoms with E-state index in [-0.39, 0.29) is 0 Å². The minimum absolute atomic E-state index is 0.898. The number of nitrogens with zero attached hydrogens (tertiary/aromatic N) is 2. The Bertz CT molecular complexity index is 1300. The molecular weight excluding hydrogens is 451 g/mol. The average Bonchev–Trinajstić information content (AvgIpc) is 2.89. The highest BCUT2D eigenvalue weighted by Crippen LogP contribution is 2.30. The first-order chi connectivity index (χ1) is 16.9. The molecule has 2 aromatic heterocycles. The fraction of sp³-hybridized carbons (Fsp3) is 0. The van der Waals surface area contributed by atoms with Crippen molar-refractivity contribution >= 4 is 7.25 Å². The van der Waals surface area contributed by atoms with Crippen LogP contribution >= 0.6 is 0 Å². The summed E-state index contributed by atoms with van der Waals surface area (Å²) in [6.45, 7) is 0. The van der Waals surface area contributed by atoms with E-state index in [1.54, 1.807) is 0 Å². The third-order valence-electron chi connectivity index (χ3n) is 5.19. The van der Waals surface area contributed by atoms with Crippen LogP contribution in [0.2, 0.25) is 0 Å². The second kappa shape index (κ2) is 10.8. The topological polar surface area (TPSA) is 16.8 Å². The Balaban J connectivity index is 0.000000527. The van der Waals surface area contributed by atoms with Crippen molar-refractivity contribution in [2.75, 3.05) is 0 Å². The maximum atomic E-state index is 9.75. The molecule has 174 valence electrons. The molecule has 0 aliphatic carbocycles. The Morgan fingerprint density at radius 3 is 1.29 bits per heavy atom. The lowest BCUT2D eigenvalue weighted by molar-refractivity contribution is -0.576.